The standard InChI is InChI=1S/C13H20BrN3/c1-9(17(2)11-4-5-11)8-16-13-7-10(14)3-6-12(13)15/h3,6-7,9,11,16H,4-5,8,15H2,1-2H3. The molecule has 1 unspecified atom stereocenters. The van der Waals surface area contributed by atoms with Gasteiger partial charge in [0.1, 0.15) is 0 Å². The Morgan fingerprint density at radius 3 is 2.88 bits per heavy atom. The van der Waals surface area contributed by atoms with Gasteiger partial charge in [-0.15, -0.1) is 0 Å². The second-order valence-electron chi connectivity index (χ2n) is 4.86. The van der Waals surface area contributed by atoms with Crippen LogP contribution in [0.4, 0.5) is 11.4 Å². The van der Waals surface area contributed by atoms with Gasteiger partial charge < -0.3 is 11.1 Å². The van der Waals surface area contributed by atoms with Crippen molar-refractivity contribution in [2.24, 2.45) is 0 Å². The molecule has 1 aromatic rings. The fourth-order valence-corrected chi connectivity index (χ4v) is 2.29. The number of likely N-dealkylation sites (N-methyl/N-ethyl adjacent to an activating group) is 1. The van der Waals surface area contributed by atoms with Crippen LogP contribution in [0.2, 0.25) is 0 Å². The van der Waals surface area contributed by atoms with Crippen LogP contribution in [-0.2, 0) is 0 Å². The zero-order valence-corrected chi connectivity index (χ0v) is 12.0. The van der Waals surface area contributed by atoms with Gasteiger partial charge in [-0.05, 0) is 45.0 Å². The van der Waals surface area contributed by atoms with Crippen molar-refractivity contribution in [2.45, 2.75) is 31.8 Å². The first-order valence-electron chi connectivity index (χ1n) is 6.08. The number of nitrogens with two attached hydrogens (primary N) is 1. The summed E-state index contributed by atoms with van der Waals surface area (Å²) in [5.41, 5.74) is 7.74. The Morgan fingerprint density at radius 1 is 1.53 bits per heavy atom. The smallest absolute Gasteiger partial charge is 0.0585 e. The molecule has 0 heterocycles. The Morgan fingerprint density at radius 2 is 2.24 bits per heavy atom. The van der Waals surface area contributed by atoms with E-state index in [1.807, 2.05) is 18.2 Å². The summed E-state index contributed by atoms with van der Waals surface area (Å²) in [6, 6.07) is 7.23. The van der Waals surface area contributed by atoms with Gasteiger partial charge in [0.2, 0.25) is 0 Å². The minimum atomic E-state index is 0.529. The van der Waals surface area contributed by atoms with E-state index < -0.39 is 0 Å². The number of nitrogen functional groups attached to an aromatic ring is 1. The SMILES string of the molecule is CC(CNc1cc(Br)ccc1N)N(C)C1CC1. The van der Waals surface area contributed by atoms with E-state index in [-0.39, 0.29) is 0 Å². The molecule has 0 spiro atoms. The first kappa shape index (κ1) is 12.7. The Kier molecular flexibility index (Phi) is 3.94. The number of rotatable bonds is 5. The third-order valence-corrected chi connectivity index (χ3v) is 3.91. The van der Waals surface area contributed by atoms with E-state index in [1.54, 1.807) is 0 Å². The molecule has 0 radical (unpaired) electrons. The molecule has 94 valence electrons. The average Bonchev–Trinajstić information content (AvgIpc) is 3.13. The zero-order chi connectivity index (χ0) is 12.4. The number of nitrogens with zero attached hydrogens (tertiary/aromatic N) is 1. The van der Waals surface area contributed by atoms with Gasteiger partial charge in [-0.25, -0.2) is 0 Å². The van der Waals surface area contributed by atoms with Crippen LogP contribution in [0.1, 0.15) is 19.8 Å². The number of nitrogens with one attached hydrogen (secondary N) is 1. The summed E-state index contributed by atoms with van der Waals surface area (Å²) in [5.74, 6) is 0. The maximum atomic E-state index is 5.93. The van der Waals surface area contributed by atoms with Gasteiger partial charge in [0.05, 0.1) is 11.4 Å². The lowest BCUT2D eigenvalue weighted by Crippen LogP contribution is -2.36. The molecule has 0 saturated heterocycles. The maximum Gasteiger partial charge on any atom is 0.0585 e. The highest BCUT2D eigenvalue weighted by Gasteiger charge is 2.28. The minimum absolute atomic E-state index is 0.529. The highest BCUT2D eigenvalue weighted by molar-refractivity contribution is 9.10. The first-order valence-corrected chi connectivity index (χ1v) is 6.88. The molecule has 0 amide bonds. The summed E-state index contributed by atoms with van der Waals surface area (Å²) in [7, 11) is 2.20. The Labute approximate surface area is 111 Å². The predicted octanol–water partition coefficient (Wildman–Crippen LogP) is 2.93. The zero-order valence-electron chi connectivity index (χ0n) is 10.4. The van der Waals surface area contributed by atoms with Gasteiger partial charge in [0, 0.05) is 23.1 Å². The summed E-state index contributed by atoms with van der Waals surface area (Å²) in [5, 5.41) is 3.42. The molecule has 1 saturated carbocycles. The molecule has 3 nitrogen and oxygen atoms in total. The molecule has 3 N–H and O–H groups in total. The normalized spacial score (nSPS) is 17.2. The molecule has 0 aliphatic heterocycles. The minimum Gasteiger partial charge on any atom is -0.397 e. The summed E-state index contributed by atoms with van der Waals surface area (Å²) in [4.78, 5) is 2.45. The topological polar surface area (TPSA) is 41.3 Å². The van der Waals surface area contributed by atoms with Crippen molar-refractivity contribution in [1.29, 1.82) is 0 Å². The maximum absolute atomic E-state index is 5.93. The molecule has 1 fully saturated rings. The molecule has 1 aliphatic carbocycles. The molecule has 1 aromatic carbocycles. The van der Waals surface area contributed by atoms with Crippen molar-refractivity contribution in [1.82, 2.24) is 4.90 Å². The second-order valence-corrected chi connectivity index (χ2v) is 5.77. The third-order valence-electron chi connectivity index (χ3n) is 3.42. The number of benzene rings is 1. The molecular formula is C13H20BrN3. The van der Waals surface area contributed by atoms with E-state index in [4.69, 9.17) is 5.73 Å². The van der Waals surface area contributed by atoms with Crippen molar-refractivity contribution >= 4 is 27.3 Å². The molecule has 0 bridgehead atoms. The summed E-state index contributed by atoms with van der Waals surface area (Å²) < 4.78 is 1.05. The fourth-order valence-electron chi connectivity index (χ4n) is 1.92. The quantitative estimate of drug-likeness (QED) is 0.821. The number of anilines is 2. The average molecular weight is 298 g/mol. The lowest BCUT2D eigenvalue weighted by Gasteiger charge is -2.25. The van der Waals surface area contributed by atoms with Crippen LogP contribution in [0.25, 0.3) is 0 Å². The highest BCUT2D eigenvalue weighted by Crippen LogP contribution is 2.27. The van der Waals surface area contributed by atoms with E-state index in [0.29, 0.717) is 6.04 Å². The molecule has 1 atom stereocenters. The van der Waals surface area contributed by atoms with Gasteiger partial charge in [-0.2, -0.15) is 0 Å². The van der Waals surface area contributed by atoms with Crippen LogP contribution in [0.3, 0.4) is 0 Å². The Bertz CT molecular complexity index is 390. The van der Waals surface area contributed by atoms with Gasteiger partial charge in [-0.1, -0.05) is 15.9 Å². The van der Waals surface area contributed by atoms with E-state index in [9.17, 15) is 0 Å². The third kappa shape index (κ3) is 3.36. The van der Waals surface area contributed by atoms with E-state index >= 15 is 0 Å². The van der Waals surface area contributed by atoms with Crippen molar-refractivity contribution in [3.8, 4) is 0 Å². The van der Waals surface area contributed by atoms with Crippen LogP contribution in [0, 0.1) is 0 Å². The molecule has 1 aliphatic rings. The monoisotopic (exact) mass is 297 g/mol. The summed E-state index contributed by atoms with van der Waals surface area (Å²) in [6.07, 6.45) is 2.69. The van der Waals surface area contributed by atoms with Crippen LogP contribution in [0.5, 0.6) is 0 Å². The fraction of sp³-hybridized carbons (Fsp3) is 0.538. The lowest BCUT2D eigenvalue weighted by molar-refractivity contribution is 0.257. The largest absolute Gasteiger partial charge is 0.397 e. The van der Waals surface area contributed by atoms with Crippen LogP contribution in [0.15, 0.2) is 22.7 Å². The first-order chi connectivity index (χ1) is 8.08. The van der Waals surface area contributed by atoms with Crippen LogP contribution >= 0.6 is 15.9 Å². The summed E-state index contributed by atoms with van der Waals surface area (Å²) in [6.45, 7) is 3.17. The Balaban J connectivity index is 1.90. The number of halogens is 1. The van der Waals surface area contributed by atoms with Gasteiger partial charge in [-0.3, -0.25) is 4.90 Å². The summed E-state index contributed by atoms with van der Waals surface area (Å²) >= 11 is 3.46. The van der Waals surface area contributed by atoms with Gasteiger partial charge in [0.25, 0.3) is 0 Å². The van der Waals surface area contributed by atoms with E-state index in [0.717, 1.165) is 28.4 Å². The van der Waals surface area contributed by atoms with Crippen molar-refractivity contribution in [3.05, 3.63) is 22.7 Å². The number of hydrogen-bond donors (Lipinski definition) is 2. The molecule has 0 aromatic heterocycles. The van der Waals surface area contributed by atoms with E-state index in [1.165, 1.54) is 12.8 Å². The van der Waals surface area contributed by atoms with Gasteiger partial charge >= 0.3 is 0 Å². The second kappa shape index (κ2) is 5.27. The number of hydrogen-bond acceptors (Lipinski definition) is 3. The van der Waals surface area contributed by atoms with Gasteiger partial charge in [0.15, 0.2) is 0 Å². The van der Waals surface area contributed by atoms with Crippen molar-refractivity contribution < 1.29 is 0 Å². The molecular weight excluding hydrogens is 278 g/mol. The molecule has 2 rings (SSSR count). The lowest BCUT2D eigenvalue weighted by atomic mass is 10.2. The van der Waals surface area contributed by atoms with Crippen LogP contribution < -0.4 is 11.1 Å². The van der Waals surface area contributed by atoms with Crippen molar-refractivity contribution in [2.75, 3.05) is 24.6 Å². The molecule has 17 heavy (non-hydrogen) atoms. The van der Waals surface area contributed by atoms with Crippen LogP contribution in [-0.4, -0.2) is 30.6 Å². The Hall–Kier alpha value is -0.740. The van der Waals surface area contributed by atoms with E-state index in [2.05, 4.69) is 40.1 Å². The predicted molar refractivity (Wildman–Crippen MR) is 77.3 cm³/mol. The highest BCUT2D eigenvalue weighted by atomic mass is 79.9. The molecule has 4 heteroatoms. The van der Waals surface area contributed by atoms with Crippen molar-refractivity contribution in [3.63, 3.8) is 0 Å².